The zero-order chi connectivity index (χ0) is 9.80. The molecule has 0 aliphatic carbocycles. The second kappa shape index (κ2) is 3.78. The normalized spacial score (nSPS) is 10.0. The zero-order valence-electron chi connectivity index (χ0n) is 7.37. The fourth-order valence-electron chi connectivity index (χ4n) is 1.12. The van der Waals surface area contributed by atoms with Crippen LogP contribution in [0.25, 0.3) is 11.3 Å². The van der Waals surface area contributed by atoms with Crippen LogP contribution in [0.5, 0.6) is 0 Å². The lowest BCUT2D eigenvalue weighted by atomic mass is 10.3. The Bertz CT molecular complexity index is 423. The molecule has 0 fully saturated rings. The third-order valence-corrected chi connectivity index (χ3v) is 1.75. The molecule has 0 aliphatic rings. The van der Waals surface area contributed by atoms with E-state index in [9.17, 15) is 4.79 Å². The van der Waals surface area contributed by atoms with Crippen molar-refractivity contribution in [2.75, 3.05) is 0 Å². The summed E-state index contributed by atoms with van der Waals surface area (Å²) in [5, 5.41) is 4.00. The highest BCUT2D eigenvalue weighted by Gasteiger charge is 2.01. The van der Waals surface area contributed by atoms with Crippen molar-refractivity contribution in [3.63, 3.8) is 0 Å². The first-order chi connectivity index (χ1) is 6.90. The van der Waals surface area contributed by atoms with Crippen LogP contribution in [0.15, 0.2) is 31.0 Å². The van der Waals surface area contributed by atoms with E-state index in [0.29, 0.717) is 0 Å². The van der Waals surface area contributed by atoms with E-state index in [1.807, 2.05) is 0 Å². The molecular formula is C9H8N4O. The van der Waals surface area contributed by atoms with Gasteiger partial charge in [-0.1, -0.05) is 0 Å². The second-order valence-electron chi connectivity index (χ2n) is 2.71. The lowest BCUT2D eigenvalue weighted by Gasteiger charge is -1.92. The van der Waals surface area contributed by atoms with Gasteiger partial charge in [-0.15, -0.1) is 0 Å². The Kier molecular flexibility index (Phi) is 2.31. The van der Waals surface area contributed by atoms with Gasteiger partial charge < -0.3 is 4.79 Å². The highest BCUT2D eigenvalue weighted by atomic mass is 16.1. The number of nitrogens with zero attached hydrogens (tertiary/aromatic N) is 4. The number of aromatic nitrogens is 4. The van der Waals surface area contributed by atoms with E-state index < -0.39 is 0 Å². The highest BCUT2D eigenvalue weighted by molar-refractivity contribution is 5.56. The lowest BCUT2D eigenvalue weighted by molar-refractivity contribution is -0.108. The Morgan fingerprint density at radius 1 is 1.36 bits per heavy atom. The summed E-state index contributed by atoms with van der Waals surface area (Å²) in [4.78, 5) is 18.3. The van der Waals surface area contributed by atoms with Crippen molar-refractivity contribution in [2.45, 2.75) is 6.54 Å². The van der Waals surface area contributed by atoms with Gasteiger partial charge >= 0.3 is 0 Å². The van der Waals surface area contributed by atoms with Crippen molar-refractivity contribution in [1.29, 1.82) is 0 Å². The van der Waals surface area contributed by atoms with Gasteiger partial charge in [0.25, 0.3) is 0 Å². The summed E-state index contributed by atoms with van der Waals surface area (Å²) in [7, 11) is 0. The fraction of sp³-hybridized carbons (Fsp3) is 0.111. The molecule has 0 aliphatic heterocycles. The molecule has 5 heteroatoms. The SMILES string of the molecule is O=CCn1cc(-c2cnccn2)cn1. The predicted octanol–water partition coefficient (Wildman–Crippen LogP) is 0.539. The van der Waals surface area contributed by atoms with E-state index in [4.69, 9.17) is 0 Å². The molecule has 0 amide bonds. The molecule has 2 heterocycles. The van der Waals surface area contributed by atoms with Gasteiger partial charge in [-0.25, -0.2) is 0 Å². The summed E-state index contributed by atoms with van der Waals surface area (Å²) in [6.07, 6.45) is 9.10. The Balaban J connectivity index is 2.29. The van der Waals surface area contributed by atoms with E-state index in [-0.39, 0.29) is 6.54 Å². The van der Waals surface area contributed by atoms with Gasteiger partial charge in [0.15, 0.2) is 0 Å². The summed E-state index contributed by atoms with van der Waals surface area (Å²) < 4.78 is 1.55. The molecule has 0 spiro atoms. The molecule has 0 atom stereocenters. The van der Waals surface area contributed by atoms with Gasteiger partial charge in [-0.3, -0.25) is 14.6 Å². The molecule has 0 N–H and O–H groups in total. The molecule has 0 unspecified atom stereocenters. The fourth-order valence-corrected chi connectivity index (χ4v) is 1.12. The van der Waals surface area contributed by atoms with E-state index >= 15 is 0 Å². The van der Waals surface area contributed by atoms with Crippen LogP contribution in [0.2, 0.25) is 0 Å². The lowest BCUT2D eigenvalue weighted by Crippen LogP contribution is -1.97. The Labute approximate surface area is 80.4 Å². The van der Waals surface area contributed by atoms with Crippen LogP contribution in [0, 0.1) is 0 Å². The van der Waals surface area contributed by atoms with Crippen LogP contribution in [-0.2, 0) is 11.3 Å². The average Bonchev–Trinajstić information content (AvgIpc) is 2.68. The topological polar surface area (TPSA) is 60.7 Å². The minimum Gasteiger partial charge on any atom is -0.301 e. The molecule has 0 aromatic carbocycles. The Hall–Kier alpha value is -2.04. The molecule has 14 heavy (non-hydrogen) atoms. The van der Waals surface area contributed by atoms with Gasteiger partial charge in [0.05, 0.1) is 24.6 Å². The maximum Gasteiger partial charge on any atom is 0.141 e. The molecule has 2 aromatic rings. The highest BCUT2D eigenvalue weighted by Crippen LogP contribution is 2.12. The third-order valence-electron chi connectivity index (χ3n) is 1.75. The van der Waals surface area contributed by atoms with Crippen LogP contribution in [-0.4, -0.2) is 26.0 Å². The monoisotopic (exact) mass is 188 g/mol. The molecule has 2 aromatic heterocycles. The van der Waals surface area contributed by atoms with Crippen molar-refractivity contribution >= 4 is 6.29 Å². The summed E-state index contributed by atoms with van der Waals surface area (Å²) >= 11 is 0. The minimum atomic E-state index is 0.264. The molecule has 0 saturated heterocycles. The van der Waals surface area contributed by atoms with Crippen LogP contribution >= 0.6 is 0 Å². The molecular weight excluding hydrogens is 180 g/mol. The van der Waals surface area contributed by atoms with Crippen molar-refractivity contribution in [3.05, 3.63) is 31.0 Å². The zero-order valence-corrected chi connectivity index (χ0v) is 7.37. The Morgan fingerprint density at radius 2 is 2.29 bits per heavy atom. The van der Waals surface area contributed by atoms with E-state index in [1.54, 1.807) is 35.7 Å². The van der Waals surface area contributed by atoms with Crippen LogP contribution < -0.4 is 0 Å². The van der Waals surface area contributed by atoms with Crippen molar-refractivity contribution in [3.8, 4) is 11.3 Å². The van der Waals surface area contributed by atoms with Gasteiger partial charge in [0.2, 0.25) is 0 Å². The van der Waals surface area contributed by atoms with Gasteiger partial charge in [-0.05, 0) is 0 Å². The quantitative estimate of drug-likeness (QED) is 0.659. The molecule has 0 radical (unpaired) electrons. The summed E-state index contributed by atoms with van der Waals surface area (Å²) in [5.74, 6) is 0. The summed E-state index contributed by atoms with van der Waals surface area (Å²) in [5.41, 5.74) is 1.62. The van der Waals surface area contributed by atoms with Crippen molar-refractivity contribution in [2.24, 2.45) is 0 Å². The molecule has 70 valence electrons. The third kappa shape index (κ3) is 1.66. The summed E-state index contributed by atoms with van der Waals surface area (Å²) in [6, 6.07) is 0. The largest absolute Gasteiger partial charge is 0.301 e. The number of carbonyl (C=O) groups excluding carboxylic acids is 1. The average molecular weight is 188 g/mol. The number of rotatable bonds is 3. The number of hydrogen-bond acceptors (Lipinski definition) is 4. The molecule has 0 bridgehead atoms. The van der Waals surface area contributed by atoms with Crippen molar-refractivity contribution < 1.29 is 4.79 Å². The predicted molar refractivity (Wildman–Crippen MR) is 49.3 cm³/mol. The smallest absolute Gasteiger partial charge is 0.141 e. The maximum absolute atomic E-state index is 10.2. The number of carbonyl (C=O) groups is 1. The van der Waals surface area contributed by atoms with Crippen LogP contribution in [0.4, 0.5) is 0 Å². The van der Waals surface area contributed by atoms with E-state index in [2.05, 4.69) is 15.1 Å². The van der Waals surface area contributed by atoms with E-state index in [1.165, 1.54) is 0 Å². The second-order valence-corrected chi connectivity index (χ2v) is 2.71. The van der Waals surface area contributed by atoms with Crippen molar-refractivity contribution in [1.82, 2.24) is 19.7 Å². The van der Waals surface area contributed by atoms with Crippen LogP contribution in [0.3, 0.4) is 0 Å². The first kappa shape index (κ1) is 8.55. The number of hydrogen-bond donors (Lipinski definition) is 0. The first-order valence-electron chi connectivity index (χ1n) is 4.12. The summed E-state index contributed by atoms with van der Waals surface area (Å²) in [6.45, 7) is 0.264. The van der Waals surface area contributed by atoms with Gasteiger partial charge in [0.1, 0.15) is 6.29 Å². The number of aldehydes is 1. The standard InChI is InChI=1S/C9H8N4O/c14-4-3-13-7-8(5-12-13)9-6-10-1-2-11-9/h1-2,4-7H,3H2. The molecule has 5 nitrogen and oxygen atoms in total. The Morgan fingerprint density at radius 3 is 3.00 bits per heavy atom. The molecule has 0 saturated carbocycles. The van der Waals surface area contributed by atoms with Gasteiger partial charge in [-0.2, -0.15) is 5.10 Å². The maximum atomic E-state index is 10.2. The molecule has 2 rings (SSSR count). The first-order valence-corrected chi connectivity index (χ1v) is 4.12. The van der Waals surface area contributed by atoms with E-state index in [0.717, 1.165) is 17.5 Å². The van der Waals surface area contributed by atoms with Crippen LogP contribution in [0.1, 0.15) is 0 Å². The van der Waals surface area contributed by atoms with Gasteiger partial charge in [0, 0.05) is 24.2 Å². The minimum absolute atomic E-state index is 0.264.